The quantitative estimate of drug-likeness (QED) is 0.499. The number of halogens is 1. The minimum atomic E-state index is -3.83. The Kier molecular flexibility index (Phi) is 5.85. The Balaban J connectivity index is 1.74. The smallest absolute Gasteiger partial charge is 0.306 e. The van der Waals surface area contributed by atoms with Crippen LogP contribution in [0.5, 0.6) is 11.5 Å². The van der Waals surface area contributed by atoms with Gasteiger partial charge >= 0.3 is 10.1 Å². The molecule has 2 heterocycles. The van der Waals surface area contributed by atoms with E-state index in [1.54, 1.807) is 4.90 Å². The lowest BCUT2D eigenvalue weighted by Crippen LogP contribution is -2.38. The highest BCUT2D eigenvalue weighted by Crippen LogP contribution is 2.40. The number of hydrogen-bond acceptors (Lipinski definition) is 7. The number of thioether (sulfide) groups is 1. The SMILES string of the molecule is COc1cc(C=C2C(=N)N3C(c4ccccc4)=CSC3=NC2=O)cc(Cl)c1OS(C)(=O)=O. The van der Waals surface area contributed by atoms with E-state index in [0.717, 1.165) is 17.5 Å². The van der Waals surface area contributed by atoms with Crippen LogP contribution < -0.4 is 8.92 Å². The minimum Gasteiger partial charge on any atom is -0.493 e. The van der Waals surface area contributed by atoms with Gasteiger partial charge in [-0.1, -0.05) is 53.7 Å². The van der Waals surface area contributed by atoms with Crippen LogP contribution in [0.4, 0.5) is 0 Å². The molecule has 0 saturated carbocycles. The number of ether oxygens (including phenoxy) is 1. The maximum absolute atomic E-state index is 12.7. The molecule has 1 N–H and O–H groups in total. The van der Waals surface area contributed by atoms with E-state index in [2.05, 4.69) is 4.99 Å². The number of hydrogen-bond donors (Lipinski definition) is 1. The zero-order chi connectivity index (χ0) is 23.0. The molecule has 2 aliphatic rings. The van der Waals surface area contributed by atoms with E-state index in [0.29, 0.717) is 10.7 Å². The van der Waals surface area contributed by atoms with Gasteiger partial charge in [0.1, 0.15) is 5.84 Å². The summed E-state index contributed by atoms with van der Waals surface area (Å²) in [5, 5.41) is 10.9. The first-order valence-electron chi connectivity index (χ1n) is 9.11. The molecule has 4 rings (SSSR count). The molecule has 164 valence electrons. The van der Waals surface area contributed by atoms with Gasteiger partial charge in [0.2, 0.25) is 5.75 Å². The van der Waals surface area contributed by atoms with Crippen molar-refractivity contribution < 1.29 is 22.1 Å². The Hall–Kier alpha value is -3.08. The second-order valence-electron chi connectivity index (χ2n) is 6.75. The van der Waals surface area contributed by atoms with Crippen molar-refractivity contribution in [3.8, 4) is 11.5 Å². The van der Waals surface area contributed by atoms with Crippen molar-refractivity contribution in [3.05, 3.63) is 69.6 Å². The summed E-state index contributed by atoms with van der Waals surface area (Å²) in [5.74, 6) is -0.695. The average molecular weight is 490 g/mol. The molecule has 2 aliphatic heterocycles. The normalized spacial score (nSPS) is 17.2. The molecule has 8 nitrogen and oxygen atoms in total. The molecule has 0 spiro atoms. The molecule has 0 unspecified atom stereocenters. The maximum atomic E-state index is 12.7. The van der Waals surface area contributed by atoms with Gasteiger partial charge in [-0.25, -0.2) is 0 Å². The Labute approximate surface area is 193 Å². The summed E-state index contributed by atoms with van der Waals surface area (Å²) in [6, 6.07) is 12.4. The van der Waals surface area contributed by atoms with Gasteiger partial charge in [-0.2, -0.15) is 13.4 Å². The van der Waals surface area contributed by atoms with Crippen molar-refractivity contribution in [2.24, 2.45) is 4.99 Å². The first-order valence-corrected chi connectivity index (χ1v) is 12.2. The molecular weight excluding hydrogens is 474 g/mol. The van der Waals surface area contributed by atoms with Crippen LogP contribution in [0.2, 0.25) is 5.02 Å². The summed E-state index contributed by atoms with van der Waals surface area (Å²) < 4.78 is 33.1. The summed E-state index contributed by atoms with van der Waals surface area (Å²) in [4.78, 5) is 18.4. The third kappa shape index (κ3) is 4.29. The van der Waals surface area contributed by atoms with Gasteiger partial charge in [-0.15, -0.1) is 0 Å². The molecule has 0 fully saturated rings. The fraction of sp³-hybridized carbons (Fsp3) is 0.0952. The van der Waals surface area contributed by atoms with Gasteiger partial charge in [-0.05, 0) is 29.3 Å². The number of carbonyl (C=O) groups is 1. The van der Waals surface area contributed by atoms with E-state index in [4.69, 9.17) is 25.9 Å². The van der Waals surface area contributed by atoms with Gasteiger partial charge < -0.3 is 8.92 Å². The fourth-order valence-electron chi connectivity index (χ4n) is 3.14. The van der Waals surface area contributed by atoms with Crippen molar-refractivity contribution in [2.75, 3.05) is 13.4 Å². The molecule has 0 aliphatic carbocycles. The van der Waals surface area contributed by atoms with Gasteiger partial charge in [-0.3, -0.25) is 15.1 Å². The molecule has 0 aromatic heterocycles. The molecular formula is C21H16ClN3O5S2. The zero-order valence-electron chi connectivity index (χ0n) is 16.8. The molecule has 0 bridgehead atoms. The lowest BCUT2D eigenvalue weighted by atomic mass is 10.1. The number of nitrogens with one attached hydrogen (secondary N) is 1. The number of amidine groups is 2. The van der Waals surface area contributed by atoms with E-state index in [-0.39, 0.29) is 27.9 Å². The van der Waals surface area contributed by atoms with E-state index >= 15 is 0 Å². The largest absolute Gasteiger partial charge is 0.493 e. The standard InChI is InChI=1S/C21H16ClN3O5S2/c1-29-17-10-12(9-15(22)18(17)30-32(2,27)28)8-14-19(23)25-16(13-6-4-3-5-7-13)11-31-21(25)24-20(14)26/h3-11,23H,1-2H3. The van der Waals surface area contributed by atoms with Crippen molar-refractivity contribution in [3.63, 3.8) is 0 Å². The number of fused-ring (bicyclic) bond motifs is 1. The van der Waals surface area contributed by atoms with Crippen molar-refractivity contribution in [1.29, 1.82) is 5.41 Å². The van der Waals surface area contributed by atoms with Gasteiger partial charge in [0, 0.05) is 5.41 Å². The van der Waals surface area contributed by atoms with Crippen LogP contribution in [0.25, 0.3) is 11.8 Å². The Bertz CT molecular complexity index is 1330. The monoisotopic (exact) mass is 489 g/mol. The number of benzene rings is 2. The zero-order valence-corrected chi connectivity index (χ0v) is 19.2. The van der Waals surface area contributed by atoms with E-state index in [9.17, 15) is 13.2 Å². The average Bonchev–Trinajstić information content (AvgIpc) is 3.16. The highest BCUT2D eigenvalue weighted by molar-refractivity contribution is 8.17. The summed E-state index contributed by atoms with van der Waals surface area (Å²) in [6.07, 6.45) is 2.34. The van der Waals surface area contributed by atoms with Crippen molar-refractivity contribution in [2.45, 2.75) is 0 Å². The predicted molar refractivity (Wildman–Crippen MR) is 125 cm³/mol. The second kappa shape index (κ2) is 8.45. The maximum Gasteiger partial charge on any atom is 0.306 e. The number of methoxy groups -OCH3 is 1. The summed E-state index contributed by atoms with van der Waals surface area (Å²) in [7, 11) is -2.50. The van der Waals surface area contributed by atoms with Crippen LogP contribution in [0.1, 0.15) is 11.1 Å². The van der Waals surface area contributed by atoms with Crippen molar-refractivity contribution in [1.82, 2.24) is 4.90 Å². The molecule has 0 atom stereocenters. The number of aliphatic imine (C=N–C) groups is 1. The van der Waals surface area contributed by atoms with Gasteiger partial charge in [0.15, 0.2) is 10.9 Å². The number of nitrogens with zero attached hydrogens (tertiary/aromatic N) is 2. The highest BCUT2D eigenvalue weighted by atomic mass is 35.5. The van der Waals surface area contributed by atoms with E-state index < -0.39 is 16.0 Å². The molecule has 2 aromatic carbocycles. The number of rotatable bonds is 5. The first-order chi connectivity index (χ1) is 15.2. The van der Waals surface area contributed by atoms with Crippen molar-refractivity contribution >= 4 is 62.2 Å². The Morgan fingerprint density at radius 2 is 1.94 bits per heavy atom. The summed E-state index contributed by atoms with van der Waals surface area (Å²) in [5.41, 5.74) is 2.09. The number of amides is 1. The van der Waals surface area contributed by atoms with Crippen LogP contribution >= 0.6 is 23.4 Å². The van der Waals surface area contributed by atoms with Crippen LogP contribution in [0.15, 0.2) is 58.4 Å². The topological polar surface area (TPSA) is 109 Å². The minimum absolute atomic E-state index is 0.0257. The fourth-order valence-corrected chi connectivity index (χ4v) is 4.80. The molecule has 0 saturated heterocycles. The van der Waals surface area contributed by atoms with Gasteiger partial charge in [0.25, 0.3) is 5.91 Å². The van der Waals surface area contributed by atoms with Crippen LogP contribution in [0, 0.1) is 5.41 Å². The van der Waals surface area contributed by atoms with E-state index in [1.807, 2.05) is 35.7 Å². The Morgan fingerprint density at radius 3 is 2.59 bits per heavy atom. The molecule has 0 radical (unpaired) electrons. The van der Waals surface area contributed by atoms with E-state index in [1.165, 1.54) is 37.1 Å². The number of carbonyl (C=O) groups excluding carboxylic acids is 1. The molecule has 2 aromatic rings. The molecule has 1 amide bonds. The summed E-state index contributed by atoms with van der Waals surface area (Å²) >= 11 is 7.49. The third-order valence-corrected chi connectivity index (χ3v) is 6.06. The van der Waals surface area contributed by atoms with Gasteiger partial charge in [0.05, 0.1) is 29.7 Å². The summed E-state index contributed by atoms with van der Waals surface area (Å²) in [6.45, 7) is 0. The lowest BCUT2D eigenvalue weighted by molar-refractivity contribution is -0.114. The Morgan fingerprint density at radius 1 is 1.22 bits per heavy atom. The first kappa shape index (κ1) is 22.1. The van der Waals surface area contributed by atoms with Crippen LogP contribution in [0.3, 0.4) is 0 Å². The lowest BCUT2D eigenvalue weighted by Gasteiger charge is -2.27. The van der Waals surface area contributed by atoms with Crippen LogP contribution in [-0.4, -0.2) is 43.6 Å². The second-order valence-corrected chi connectivity index (χ2v) is 9.57. The van der Waals surface area contributed by atoms with Crippen LogP contribution in [-0.2, 0) is 14.9 Å². The highest BCUT2D eigenvalue weighted by Gasteiger charge is 2.36. The predicted octanol–water partition coefficient (Wildman–Crippen LogP) is 3.99. The molecule has 11 heteroatoms. The third-order valence-electron chi connectivity index (χ3n) is 4.48. The molecule has 32 heavy (non-hydrogen) atoms.